The fourth-order valence-electron chi connectivity index (χ4n) is 2.52. The third-order valence-electron chi connectivity index (χ3n) is 4.19. The highest BCUT2D eigenvalue weighted by molar-refractivity contribution is 6.05. The van der Waals surface area contributed by atoms with E-state index in [9.17, 15) is 22.4 Å². The average molecular weight is 369 g/mol. The van der Waals surface area contributed by atoms with Crippen LogP contribution < -0.4 is 5.32 Å². The minimum atomic E-state index is -4.59. The molecule has 10 heteroatoms. The highest BCUT2D eigenvalue weighted by Crippen LogP contribution is 2.28. The lowest BCUT2D eigenvalue weighted by Crippen LogP contribution is -2.43. The van der Waals surface area contributed by atoms with Crippen LogP contribution >= 0.6 is 0 Å². The molecule has 1 amide bonds. The molecule has 0 saturated heterocycles. The second-order valence-corrected chi connectivity index (χ2v) is 5.94. The van der Waals surface area contributed by atoms with Gasteiger partial charge in [0.25, 0.3) is 5.91 Å². The number of nitrogens with zero attached hydrogens (tertiary/aromatic N) is 3. The molecule has 0 bridgehead atoms. The number of aromatic nitrogens is 4. The number of hydrogen-bond donors (Lipinski definition) is 2. The van der Waals surface area contributed by atoms with E-state index in [-0.39, 0.29) is 16.6 Å². The van der Waals surface area contributed by atoms with Crippen LogP contribution in [0, 0.1) is 12.7 Å². The normalized spacial score (nSPS) is 13.2. The number of imidazole rings is 1. The first kappa shape index (κ1) is 17.9. The van der Waals surface area contributed by atoms with E-state index in [0.29, 0.717) is 17.1 Å². The highest BCUT2D eigenvalue weighted by Gasteiger charge is 2.37. The largest absolute Gasteiger partial charge is 0.408 e. The van der Waals surface area contributed by atoms with Crippen LogP contribution in [0.1, 0.15) is 23.2 Å². The number of carbonyl (C=O) groups excluding carboxylic acids is 1. The summed E-state index contributed by atoms with van der Waals surface area (Å²) in [6.45, 7) is 2.59. The number of nitrogens with one attached hydrogen (secondary N) is 2. The molecule has 0 unspecified atom stereocenters. The van der Waals surface area contributed by atoms with E-state index in [1.165, 1.54) is 12.1 Å². The maximum Gasteiger partial charge on any atom is 0.408 e. The Kier molecular flexibility index (Phi) is 4.21. The topological polar surface area (TPSA) is 75.6 Å². The van der Waals surface area contributed by atoms with Crippen LogP contribution in [0.25, 0.3) is 22.2 Å². The molecule has 0 aliphatic rings. The summed E-state index contributed by atoms with van der Waals surface area (Å²) >= 11 is 0. The first-order chi connectivity index (χ1) is 12.1. The zero-order valence-corrected chi connectivity index (χ0v) is 14.1. The van der Waals surface area contributed by atoms with Crippen molar-refractivity contribution in [3.63, 3.8) is 0 Å². The zero-order chi connectivity index (χ0) is 19.2. The van der Waals surface area contributed by atoms with Gasteiger partial charge in [0, 0.05) is 18.0 Å². The van der Waals surface area contributed by atoms with Crippen molar-refractivity contribution in [2.24, 2.45) is 7.05 Å². The van der Waals surface area contributed by atoms with Crippen molar-refractivity contribution in [1.29, 1.82) is 0 Å². The number of carbonyl (C=O) groups is 1. The molecule has 2 heterocycles. The van der Waals surface area contributed by atoms with Crippen molar-refractivity contribution in [2.45, 2.75) is 26.1 Å². The second kappa shape index (κ2) is 6.11. The van der Waals surface area contributed by atoms with Crippen molar-refractivity contribution in [3.8, 4) is 11.3 Å². The minimum absolute atomic E-state index is 0.0886. The molecule has 0 spiro atoms. The SMILES string of the molecule is Cc1ncc(-c2cc(F)c3n[nH]c(C(=O)N[C@@H](C)C(F)(F)F)c3c2)n1C. The number of rotatable bonds is 3. The van der Waals surface area contributed by atoms with Crippen LogP contribution in [-0.4, -0.2) is 37.9 Å². The van der Waals surface area contributed by atoms with E-state index >= 15 is 0 Å². The van der Waals surface area contributed by atoms with Gasteiger partial charge in [-0.25, -0.2) is 9.37 Å². The van der Waals surface area contributed by atoms with Gasteiger partial charge in [-0.3, -0.25) is 9.89 Å². The molecule has 26 heavy (non-hydrogen) atoms. The van der Waals surface area contributed by atoms with E-state index < -0.39 is 23.9 Å². The van der Waals surface area contributed by atoms with Crippen molar-refractivity contribution in [2.75, 3.05) is 0 Å². The zero-order valence-electron chi connectivity index (χ0n) is 14.1. The smallest absolute Gasteiger partial charge is 0.339 e. The van der Waals surface area contributed by atoms with Gasteiger partial charge in [0.15, 0.2) is 5.82 Å². The van der Waals surface area contributed by atoms with Gasteiger partial charge in [-0.1, -0.05) is 0 Å². The molecule has 2 aromatic heterocycles. The van der Waals surface area contributed by atoms with E-state index in [1.54, 1.807) is 24.7 Å². The Labute approximate surface area is 145 Å². The summed E-state index contributed by atoms with van der Waals surface area (Å²) in [5, 5.41) is 7.95. The number of aromatic amines is 1. The van der Waals surface area contributed by atoms with Crippen LogP contribution in [0.4, 0.5) is 17.6 Å². The fourth-order valence-corrected chi connectivity index (χ4v) is 2.52. The average Bonchev–Trinajstić information content (AvgIpc) is 3.11. The summed E-state index contributed by atoms with van der Waals surface area (Å²) in [5.41, 5.74) is 0.658. The number of benzene rings is 1. The predicted octanol–water partition coefficient (Wildman–Crippen LogP) is 3.09. The maximum atomic E-state index is 14.4. The molecule has 0 radical (unpaired) electrons. The van der Waals surface area contributed by atoms with Gasteiger partial charge < -0.3 is 9.88 Å². The van der Waals surface area contributed by atoms with Crippen LogP contribution in [-0.2, 0) is 7.05 Å². The number of H-pyrrole nitrogens is 1. The van der Waals surface area contributed by atoms with Gasteiger partial charge in [0.2, 0.25) is 0 Å². The third-order valence-corrected chi connectivity index (χ3v) is 4.19. The lowest BCUT2D eigenvalue weighted by atomic mass is 10.1. The Hall–Kier alpha value is -2.91. The molecule has 3 rings (SSSR count). The van der Waals surface area contributed by atoms with Crippen LogP contribution in [0.3, 0.4) is 0 Å². The van der Waals surface area contributed by atoms with Crippen molar-refractivity contribution in [1.82, 2.24) is 25.1 Å². The number of amides is 1. The molecule has 0 aliphatic carbocycles. The molecule has 0 aliphatic heterocycles. The molecular formula is C16H15F4N5O. The number of alkyl halides is 3. The van der Waals surface area contributed by atoms with Crippen LogP contribution in [0.2, 0.25) is 0 Å². The second-order valence-electron chi connectivity index (χ2n) is 5.94. The van der Waals surface area contributed by atoms with Crippen LogP contribution in [0.5, 0.6) is 0 Å². The van der Waals surface area contributed by atoms with Gasteiger partial charge in [-0.15, -0.1) is 0 Å². The maximum absolute atomic E-state index is 14.4. The molecule has 1 aromatic carbocycles. The Balaban J connectivity index is 2.06. The Morgan fingerprint density at radius 2 is 2.04 bits per heavy atom. The van der Waals surface area contributed by atoms with Gasteiger partial charge >= 0.3 is 6.18 Å². The summed E-state index contributed by atoms with van der Waals surface area (Å²) in [7, 11) is 1.74. The molecule has 1 atom stereocenters. The number of hydrogen-bond acceptors (Lipinski definition) is 3. The van der Waals surface area contributed by atoms with Crippen molar-refractivity contribution >= 4 is 16.8 Å². The Morgan fingerprint density at radius 1 is 1.35 bits per heavy atom. The van der Waals surface area contributed by atoms with E-state index in [4.69, 9.17) is 0 Å². The first-order valence-corrected chi connectivity index (χ1v) is 7.63. The molecule has 0 saturated carbocycles. The molecule has 6 nitrogen and oxygen atoms in total. The summed E-state index contributed by atoms with van der Waals surface area (Å²) in [4.78, 5) is 16.3. The lowest BCUT2D eigenvalue weighted by molar-refractivity contribution is -0.149. The number of halogens is 4. The van der Waals surface area contributed by atoms with Gasteiger partial charge in [0.05, 0.1) is 11.9 Å². The predicted molar refractivity (Wildman–Crippen MR) is 86.0 cm³/mol. The van der Waals surface area contributed by atoms with E-state index in [2.05, 4.69) is 15.2 Å². The Bertz CT molecular complexity index is 989. The summed E-state index contributed by atoms with van der Waals surface area (Å²) in [5.74, 6) is -1.02. The standard InChI is InChI=1S/C16H15F4N5O/c1-7(16(18,19)20)22-15(26)14-10-4-9(5-11(17)13(10)23-24-14)12-6-21-8(2)25(12)3/h4-7H,1-3H3,(H,22,26)(H,23,24)/t7-/m0/s1. The van der Waals surface area contributed by atoms with Gasteiger partial charge in [-0.2, -0.15) is 18.3 Å². The quantitative estimate of drug-likeness (QED) is 0.697. The fraction of sp³-hybridized carbons (Fsp3) is 0.312. The summed E-state index contributed by atoms with van der Waals surface area (Å²) in [6.07, 6.45) is -3.05. The molecule has 3 aromatic rings. The molecule has 0 fully saturated rings. The van der Waals surface area contributed by atoms with Crippen molar-refractivity contribution in [3.05, 3.63) is 35.7 Å². The number of aryl methyl sites for hydroxylation is 1. The monoisotopic (exact) mass is 369 g/mol. The lowest BCUT2D eigenvalue weighted by Gasteiger charge is -2.16. The van der Waals surface area contributed by atoms with Gasteiger partial charge in [0.1, 0.15) is 23.1 Å². The molecular weight excluding hydrogens is 354 g/mol. The number of fused-ring (bicyclic) bond motifs is 1. The van der Waals surface area contributed by atoms with E-state index in [1.807, 2.05) is 5.32 Å². The first-order valence-electron chi connectivity index (χ1n) is 7.63. The van der Waals surface area contributed by atoms with Crippen molar-refractivity contribution < 1.29 is 22.4 Å². The highest BCUT2D eigenvalue weighted by atomic mass is 19.4. The minimum Gasteiger partial charge on any atom is -0.339 e. The summed E-state index contributed by atoms with van der Waals surface area (Å²) in [6, 6.07) is 0.673. The Morgan fingerprint density at radius 3 is 2.62 bits per heavy atom. The van der Waals surface area contributed by atoms with Crippen LogP contribution in [0.15, 0.2) is 18.3 Å². The third kappa shape index (κ3) is 3.02. The molecule has 138 valence electrons. The van der Waals surface area contributed by atoms with E-state index in [0.717, 1.165) is 6.92 Å². The molecule has 2 N–H and O–H groups in total. The summed E-state index contributed by atoms with van der Waals surface area (Å²) < 4.78 is 54.1. The van der Waals surface area contributed by atoms with Gasteiger partial charge in [-0.05, 0) is 26.0 Å².